The Labute approximate surface area is 78.8 Å². The van der Waals surface area contributed by atoms with Gasteiger partial charge in [-0.25, -0.2) is 4.39 Å². The first-order chi connectivity index (χ1) is 6.15. The number of halogens is 1. The smallest absolute Gasteiger partial charge is 0.129 e. The molecule has 1 aromatic rings. The summed E-state index contributed by atoms with van der Waals surface area (Å²) in [4.78, 5) is 0. The molecule has 2 unspecified atom stereocenters. The van der Waals surface area contributed by atoms with Gasteiger partial charge in [-0.05, 0) is 19.0 Å². The summed E-state index contributed by atoms with van der Waals surface area (Å²) < 4.78 is 13.6. The van der Waals surface area contributed by atoms with Crippen LogP contribution in [0.1, 0.15) is 24.2 Å². The van der Waals surface area contributed by atoms with E-state index in [2.05, 4.69) is 0 Å². The topological polar surface area (TPSA) is 26.0 Å². The average Bonchev–Trinajstić information content (AvgIpc) is 2.15. The average molecular weight is 181 g/mol. The minimum absolute atomic E-state index is 0.109. The molecule has 0 fully saturated rings. The standard InChI is InChI=1S/C11H16FN/c1-8-4-3-5-10(6-8)11(12)9(2)7-13/h3-6,9,11H,7,13H2,1-2H3. The Morgan fingerprint density at radius 3 is 2.69 bits per heavy atom. The largest absolute Gasteiger partial charge is 0.330 e. The molecule has 0 radical (unpaired) electrons. The summed E-state index contributed by atoms with van der Waals surface area (Å²) in [7, 11) is 0. The first-order valence-electron chi connectivity index (χ1n) is 4.56. The molecule has 2 heteroatoms. The van der Waals surface area contributed by atoms with Crippen molar-refractivity contribution >= 4 is 0 Å². The number of alkyl halides is 1. The van der Waals surface area contributed by atoms with Gasteiger partial charge >= 0.3 is 0 Å². The van der Waals surface area contributed by atoms with E-state index in [0.717, 1.165) is 11.1 Å². The van der Waals surface area contributed by atoms with Crippen molar-refractivity contribution in [2.75, 3.05) is 6.54 Å². The van der Waals surface area contributed by atoms with Crippen LogP contribution in [0.4, 0.5) is 4.39 Å². The van der Waals surface area contributed by atoms with Crippen molar-refractivity contribution in [1.29, 1.82) is 0 Å². The molecule has 2 atom stereocenters. The summed E-state index contributed by atoms with van der Waals surface area (Å²) in [6.45, 7) is 4.17. The van der Waals surface area contributed by atoms with E-state index in [1.807, 2.05) is 38.1 Å². The SMILES string of the molecule is Cc1cccc(C(F)C(C)CN)c1. The lowest BCUT2D eigenvalue weighted by atomic mass is 9.98. The Kier molecular flexibility index (Phi) is 3.43. The summed E-state index contributed by atoms with van der Waals surface area (Å²) >= 11 is 0. The second kappa shape index (κ2) is 4.38. The molecule has 0 heterocycles. The van der Waals surface area contributed by atoms with E-state index < -0.39 is 6.17 Å². The van der Waals surface area contributed by atoms with E-state index in [1.165, 1.54) is 0 Å². The maximum Gasteiger partial charge on any atom is 0.129 e. The van der Waals surface area contributed by atoms with Crippen LogP contribution in [0.3, 0.4) is 0 Å². The highest BCUT2D eigenvalue weighted by atomic mass is 19.1. The normalized spacial score (nSPS) is 15.4. The van der Waals surface area contributed by atoms with Crippen molar-refractivity contribution in [3.63, 3.8) is 0 Å². The monoisotopic (exact) mass is 181 g/mol. The second-order valence-electron chi connectivity index (χ2n) is 3.53. The first-order valence-corrected chi connectivity index (χ1v) is 4.56. The fourth-order valence-corrected chi connectivity index (χ4v) is 1.29. The number of hydrogen-bond acceptors (Lipinski definition) is 1. The summed E-state index contributed by atoms with van der Waals surface area (Å²) in [5.41, 5.74) is 7.23. The molecule has 72 valence electrons. The van der Waals surface area contributed by atoms with E-state index in [1.54, 1.807) is 0 Å². The van der Waals surface area contributed by atoms with Crippen LogP contribution >= 0.6 is 0 Å². The third-order valence-electron chi connectivity index (χ3n) is 2.23. The Morgan fingerprint density at radius 1 is 1.46 bits per heavy atom. The highest BCUT2D eigenvalue weighted by Gasteiger charge is 2.16. The Bertz CT molecular complexity index is 273. The molecule has 0 saturated carbocycles. The highest BCUT2D eigenvalue weighted by Crippen LogP contribution is 2.25. The van der Waals surface area contributed by atoms with Crippen molar-refractivity contribution in [3.8, 4) is 0 Å². The van der Waals surface area contributed by atoms with E-state index in [0.29, 0.717) is 6.54 Å². The van der Waals surface area contributed by atoms with Crippen molar-refractivity contribution in [3.05, 3.63) is 35.4 Å². The van der Waals surface area contributed by atoms with Gasteiger partial charge in [0.25, 0.3) is 0 Å². The maximum absolute atomic E-state index is 13.6. The van der Waals surface area contributed by atoms with E-state index in [4.69, 9.17) is 5.73 Å². The van der Waals surface area contributed by atoms with Crippen LogP contribution in [0.2, 0.25) is 0 Å². The molecule has 0 aliphatic heterocycles. The van der Waals surface area contributed by atoms with Crippen molar-refractivity contribution < 1.29 is 4.39 Å². The molecule has 0 saturated heterocycles. The minimum atomic E-state index is -0.940. The molecule has 0 bridgehead atoms. The molecular weight excluding hydrogens is 165 g/mol. The summed E-state index contributed by atoms with van der Waals surface area (Å²) in [5.74, 6) is -0.109. The summed E-state index contributed by atoms with van der Waals surface area (Å²) in [6.07, 6.45) is -0.940. The van der Waals surface area contributed by atoms with Crippen LogP contribution in [0.5, 0.6) is 0 Å². The Balaban J connectivity index is 2.82. The molecule has 0 aromatic heterocycles. The third kappa shape index (κ3) is 2.52. The van der Waals surface area contributed by atoms with Crippen molar-refractivity contribution in [1.82, 2.24) is 0 Å². The van der Waals surface area contributed by atoms with Crippen molar-refractivity contribution in [2.45, 2.75) is 20.0 Å². The quantitative estimate of drug-likeness (QED) is 0.762. The number of aryl methyl sites for hydroxylation is 1. The molecule has 1 nitrogen and oxygen atoms in total. The van der Waals surface area contributed by atoms with Crippen LogP contribution in [0.15, 0.2) is 24.3 Å². The zero-order valence-corrected chi connectivity index (χ0v) is 8.13. The molecule has 1 aromatic carbocycles. The third-order valence-corrected chi connectivity index (χ3v) is 2.23. The van der Waals surface area contributed by atoms with Gasteiger partial charge in [-0.3, -0.25) is 0 Å². The predicted octanol–water partition coefficient (Wildman–Crippen LogP) is 2.60. The summed E-state index contributed by atoms with van der Waals surface area (Å²) in [6, 6.07) is 7.52. The van der Waals surface area contributed by atoms with Gasteiger partial charge in [0, 0.05) is 5.92 Å². The lowest BCUT2D eigenvalue weighted by Gasteiger charge is -2.15. The molecule has 0 aliphatic carbocycles. The number of nitrogens with two attached hydrogens (primary N) is 1. The highest BCUT2D eigenvalue weighted by molar-refractivity contribution is 5.24. The molecular formula is C11H16FN. The van der Waals surface area contributed by atoms with Gasteiger partial charge in [0.1, 0.15) is 6.17 Å². The number of hydrogen-bond donors (Lipinski definition) is 1. The number of rotatable bonds is 3. The van der Waals surface area contributed by atoms with Crippen LogP contribution in [-0.4, -0.2) is 6.54 Å². The molecule has 0 spiro atoms. The zero-order chi connectivity index (χ0) is 9.84. The van der Waals surface area contributed by atoms with Crippen molar-refractivity contribution in [2.24, 2.45) is 11.7 Å². The summed E-state index contributed by atoms with van der Waals surface area (Å²) in [5, 5.41) is 0. The molecule has 0 amide bonds. The van der Waals surface area contributed by atoms with Gasteiger partial charge in [-0.1, -0.05) is 36.8 Å². The number of benzene rings is 1. The fourth-order valence-electron chi connectivity index (χ4n) is 1.29. The second-order valence-corrected chi connectivity index (χ2v) is 3.53. The molecule has 0 aliphatic rings. The van der Waals surface area contributed by atoms with E-state index in [-0.39, 0.29) is 5.92 Å². The lowest BCUT2D eigenvalue weighted by molar-refractivity contribution is 0.251. The molecule has 2 N–H and O–H groups in total. The van der Waals surface area contributed by atoms with Crippen LogP contribution in [-0.2, 0) is 0 Å². The van der Waals surface area contributed by atoms with Gasteiger partial charge in [0.2, 0.25) is 0 Å². The molecule has 13 heavy (non-hydrogen) atoms. The minimum Gasteiger partial charge on any atom is -0.330 e. The van der Waals surface area contributed by atoms with Crippen LogP contribution < -0.4 is 5.73 Å². The fraction of sp³-hybridized carbons (Fsp3) is 0.455. The maximum atomic E-state index is 13.6. The van der Waals surface area contributed by atoms with E-state index in [9.17, 15) is 4.39 Å². The van der Waals surface area contributed by atoms with Gasteiger partial charge < -0.3 is 5.73 Å². The molecule has 1 rings (SSSR count). The first kappa shape index (κ1) is 10.2. The van der Waals surface area contributed by atoms with Crippen LogP contribution in [0.25, 0.3) is 0 Å². The van der Waals surface area contributed by atoms with Gasteiger partial charge in [-0.15, -0.1) is 0 Å². The Hall–Kier alpha value is -0.890. The zero-order valence-electron chi connectivity index (χ0n) is 8.13. The van der Waals surface area contributed by atoms with Crippen LogP contribution in [0, 0.1) is 12.8 Å². The van der Waals surface area contributed by atoms with Gasteiger partial charge in [0.05, 0.1) is 0 Å². The van der Waals surface area contributed by atoms with E-state index >= 15 is 0 Å². The van der Waals surface area contributed by atoms with Gasteiger partial charge in [-0.2, -0.15) is 0 Å². The van der Waals surface area contributed by atoms with Gasteiger partial charge in [0.15, 0.2) is 0 Å². The Morgan fingerprint density at radius 2 is 2.15 bits per heavy atom. The lowest BCUT2D eigenvalue weighted by Crippen LogP contribution is -2.16. The predicted molar refractivity (Wildman–Crippen MR) is 53.2 cm³/mol.